The molecule has 0 fully saturated rings. The summed E-state index contributed by atoms with van der Waals surface area (Å²) in [5, 5.41) is 16.6. The Morgan fingerprint density at radius 3 is 2.95 bits per heavy atom. The second-order valence-electron chi connectivity index (χ2n) is 4.56. The summed E-state index contributed by atoms with van der Waals surface area (Å²) in [5.41, 5.74) is 1.15. The van der Waals surface area contributed by atoms with Crippen molar-refractivity contribution in [3.8, 4) is 6.07 Å². The summed E-state index contributed by atoms with van der Waals surface area (Å²) < 4.78 is 6.41. The molecule has 0 saturated carbocycles. The summed E-state index contributed by atoms with van der Waals surface area (Å²) in [6, 6.07) is 9.37. The first-order chi connectivity index (χ1) is 10.7. The average molecular weight is 319 g/mol. The van der Waals surface area contributed by atoms with Crippen LogP contribution in [0.3, 0.4) is 0 Å². The number of methoxy groups -OCH3 is 1. The molecule has 0 spiro atoms. The van der Waals surface area contributed by atoms with Crippen LogP contribution in [0.5, 0.6) is 0 Å². The van der Waals surface area contributed by atoms with Crippen molar-refractivity contribution in [2.45, 2.75) is 13.0 Å². The monoisotopic (exact) mass is 318 g/mol. The number of rotatable bonds is 6. The van der Waals surface area contributed by atoms with E-state index in [9.17, 15) is 4.79 Å². The molecule has 2 rings (SSSR count). The van der Waals surface area contributed by atoms with Crippen LogP contribution in [0, 0.1) is 11.3 Å². The quantitative estimate of drug-likeness (QED) is 0.887. The summed E-state index contributed by atoms with van der Waals surface area (Å²) in [6.07, 6.45) is 1.63. The van der Waals surface area contributed by atoms with Gasteiger partial charge in [0.05, 0.1) is 25.8 Å². The van der Waals surface area contributed by atoms with Gasteiger partial charge in [0.1, 0.15) is 17.5 Å². The lowest BCUT2D eigenvalue weighted by molar-refractivity contribution is -0.117. The predicted molar refractivity (Wildman–Crippen MR) is 82.6 cm³/mol. The highest BCUT2D eigenvalue weighted by Gasteiger charge is 2.14. The molecule has 0 atom stereocenters. The van der Waals surface area contributed by atoms with Gasteiger partial charge < -0.3 is 10.1 Å². The highest BCUT2D eigenvalue weighted by molar-refractivity contribution is 6.31. The lowest BCUT2D eigenvalue weighted by atomic mass is 10.2. The smallest absolute Gasteiger partial charge is 0.227 e. The van der Waals surface area contributed by atoms with E-state index in [4.69, 9.17) is 21.6 Å². The SMILES string of the molecule is COCCC(=O)Nc1c(C#N)cnn1Cc1ccccc1Cl. The first kappa shape index (κ1) is 16.0. The molecule has 1 amide bonds. The molecule has 6 nitrogen and oxygen atoms in total. The molecule has 1 N–H and O–H groups in total. The Bertz CT molecular complexity index is 706. The Morgan fingerprint density at radius 1 is 1.50 bits per heavy atom. The topological polar surface area (TPSA) is 79.9 Å². The van der Waals surface area contributed by atoms with Gasteiger partial charge in [0.25, 0.3) is 0 Å². The molecule has 1 heterocycles. The number of ether oxygens (including phenoxy) is 1. The van der Waals surface area contributed by atoms with Crippen LogP contribution in [0.15, 0.2) is 30.5 Å². The van der Waals surface area contributed by atoms with Gasteiger partial charge >= 0.3 is 0 Å². The van der Waals surface area contributed by atoms with Crippen molar-refractivity contribution in [1.29, 1.82) is 5.26 Å². The Hall–Kier alpha value is -2.36. The molecular formula is C15H15ClN4O2. The molecule has 0 bridgehead atoms. The largest absolute Gasteiger partial charge is 0.384 e. The number of halogens is 1. The van der Waals surface area contributed by atoms with E-state index in [1.54, 1.807) is 10.7 Å². The molecule has 0 saturated heterocycles. The van der Waals surface area contributed by atoms with Crippen molar-refractivity contribution in [2.24, 2.45) is 0 Å². The number of hydrogen-bond donors (Lipinski definition) is 1. The van der Waals surface area contributed by atoms with Gasteiger partial charge in [-0.25, -0.2) is 4.68 Å². The van der Waals surface area contributed by atoms with E-state index in [0.717, 1.165) is 5.56 Å². The number of hydrogen-bond acceptors (Lipinski definition) is 4. The van der Waals surface area contributed by atoms with Gasteiger partial charge in [0, 0.05) is 12.1 Å². The molecule has 0 aliphatic carbocycles. The van der Waals surface area contributed by atoms with Gasteiger partial charge in [-0.1, -0.05) is 29.8 Å². The van der Waals surface area contributed by atoms with Crippen molar-refractivity contribution >= 4 is 23.3 Å². The van der Waals surface area contributed by atoms with Crippen LogP contribution in [0.2, 0.25) is 5.02 Å². The molecule has 7 heteroatoms. The zero-order chi connectivity index (χ0) is 15.9. The third kappa shape index (κ3) is 3.85. The van der Waals surface area contributed by atoms with Crippen molar-refractivity contribution in [1.82, 2.24) is 9.78 Å². The highest BCUT2D eigenvalue weighted by atomic mass is 35.5. The molecule has 0 radical (unpaired) electrons. The number of amides is 1. The van der Waals surface area contributed by atoms with Crippen molar-refractivity contribution in [3.63, 3.8) is 0 Å². The van der Waals surface area contributed by atoms with Crippen LogP contribution in [0.1, 0.15) is 17.5 Å². The van der Waals surface area contributed by atoms with Crippen molar-refractivity contribution in [3.05, 3.63) is 46.6 Å². The van der Waals surface area contributed by atoms with Gasteiger partial charge in [0.15, 0.2) is 0 Å². The van der Waals surface area contributed by atoms with Gasteiger partial charge in [-0.15, -0.1) is 0 Å². The Balaban J connectivity index is 2.22. The molecule has 22 heavy (non-hydrogen) atoms. The molecule has 0 unspecified atom stereocenters. The van der Waals surface area contributed by atoms with Gasteiger partial charge in [-0.3, -0.25) is 4.79 Å². The molecule has 1 aromatic heterocycles. The first-order valence-corrected chi connectivity index (χ1v) is 7.01. The third-order valence-electron chi connectivity index (χ3n) is 3.03. The molecule has 2 aromatic rings. The minimum absolute atomic E-state index is 0.207. The minimum Gasteiger partial charge on any atom is -0.384 e. The van der Waals surface area contributed by atoms with Crippen LogP contribution in [-0.2, 0) is 16.1 Å². The van der Waals surface area contributed by atoms with E-state index < -0.39 is 0 Å². The number of aromatic nitrogens is 2. The van der Waals surface area contributed by atoms with Gasteiger partial charge in [-0.2, -0.15) is 10.4 Å². The number of nitriles is 1. The van der Waals surface area contributed by atoms with Gasteiger partial charge in [0.2, 0.25) is 5.91 Å². The maximum absolute atomic E-state index is 11.8. The van der Waals surface area contributed by atoms with E-state index >= 15 is 0 Å². The Kier molecular flexibility index (Phi) is 5.53. The minimum atomic E-state index is -0.237. The average Bonchev–Trinajstić information content (AvgIpc) is 2.89. The zero-order valence-electron chi connectivity index (χ0n) is 12.0. The van der Waals surface area contributed by atoms with Gasteiger partial charge in [-0.05, 0) is 11.6 Å². The number of carbonyl (C=O) groups is 1. The fourth-order valence-corrected chi connectivity index (χ4v) is 2.09. The van der Waals surface area contributed by atoms with E-state index in [0.29, 0.717) is 29.6 Å². The van der Waals surface area contributed by atoms with E-state index in [-0.39, 0.29) is 12.3 Å². The molecule has 1 aromatic carbocycles. The Morgan fingerprint density at radius 2 is 2.27 bits per heavy atom. The summed E-state index contributed by atoms with van der Waals surface area (Å²) in [4.78, 5) is 11.8. The number of benzene rings is 1. The first-order valence-electron chi connectivity index (χ1n) is 6.63. The van der Waals surface area contributed by atoms with Crippen LogP contribution < -0.4 is 5.32 Å². The standard InChI is InChI=1S/C15H15ClN4O2/c1-22-7-6-14(21)19-15-12(8-17)9-18-20(15)10-11-4-2-3-5-13(11)16/h2-5,9H,6-7,10H2,1H3,(H,19,21). The molecule has 0 aliphatic rings. The predicted octanol–water partition coefficient (Wildman–Crippen LogP) is 2.43. The summed E-state index contributed by atoms with van der Waals surface area (Å²) in [6.45, 7) is 0.674. The highest BCUT2D eigenvalue weighted by Crippen LogP contribution is 2.20. The number of anilines is 1. The number of nitrogens with zero attached hydrogens (tertiary/aromatic N) is 3. The molecule has 0 aliphatic heterocycles. The van der Waals surface area contributed by atoms with Crippen LogP contribution >= 0.6 is 11.6 Å². The van der Waals surface area contributed by atoms with Crippen LogP contribution in [0.25, 0.3) is 0 Å². The lowest BCUT2D eigenvalue weighted by Gasteiger charge is -2.10. The van der Waals surface area contributed by atoms with Crippen LogP contribution in [0.4, 0.5) is 5.82 Å². The second kappa shape index (κ2) is 7.59. The Labute approximate surface area is 133 Å². The fourth-order valence-electron chi connectivity index (χ4n) is 1.90. The summed E-state index contributed by atoms with van der Waals surface area (Å²) in [5.74, 6) is 0.128. The van der Waals surface area contributed by atoms with E-state index in [2.05, 4.69) is 10.4 Å². The molecule has 114 valence electrons. The number of carbonyl (C=O) groups excluding carboxylic acids is 1. The fraction of sp³-hybridized carbons (Fsp3) is 0.267. The second-order valence-corrected chi connectivity index (χ2v) is 4.97. The molecular weight excluding hydrogens is 304 g/mol. The van der Waals surface area contributed by atoms with Crippen LogP contribution in [-0.4, -0.2) is 29.4 Å². The van der Waals surface area contributed by atoms with E-state index in [1.165, 1.54) is 13.3 Å². The summed E-state index contributed by atoms with van der Waals surface area (Å²) in [7, 11) is 1.52. The number of nitrogens with one attached hydrogen (secondary N) is 1. The van der Waals surface area contributed by atoms with E-state index in [1.807, 2.05) is 24.3 Å². The summed E-state index contributed by atoms with van der Waals surface area (Å²) >= 11 is 6.13. The zero-order valence-corrected chi connectivity index (χ0v) is 12.8. The third-order valence-corrected chi connectivity index (χ3v) is 3.40. The van der Waals surface area contributed by atoms with Crippen molar-refractivity contribution in [2.75, 3.05) is 19.0 Å². The maximum Gasteiger partial charge on any atom is 0.227 e. The maximum atomic E-state index is 11.8. The van der Waals surface area contributed by atoms with Crippen molar-refractivity contribution < 1.29 is 9.53 Å². The lowest BCUT2D eigenvalue weighted by Crippen LogP contribution is -2.18. The normalized spacial score (nSPS) is 10.2.